The standard InChI is InChI=1S/C18H27N3O.C2H6/c1-4-6-9-16-11-17(20-14(16)3)18(22)21(5-2)13-15-8-7-10-19-12-15;1-2/h4,6,9,11,15,19-20H,1,5,7-8,10,12-13H2,2-3H3;1-2H3/b9-6-;. The lowest BCUT2D eigenvalue weighted by Gasteiger charge is -2.29. The van der Waals surface area contributed by atoms with Crippen LogP contribution in [-0.4, -0.2) is 42.0 Å². The van der Waals surface area contributed by atoms with Crippen LogP contribution in [-0.2, 0) is 0 Å². The molecular formula is C20H33N3O. The molecule has 0 aliphatic carbocycles. The van der Waals surface area contributed by atoms with Crippen molar-refractivity contribution in [2.24, 2.45) is 5.92 Å². The van der Waals surface area contributed by atoms with Gasteiger partial charge < -0.3 is 15.2 Å². The Morgan fingerprint density at radius 2 is 2.21 bits per heavy atom. The summed E-state index contributed by atoms with van der Waals surface area (Å²) in [4.78, 5) is 17.9. The fourth-order valence-electron chi connectivity index (χ4n) is 2.95. The summed E-state index contributed by atoms with van der Waals surface area (Å²) in [7, 11) is 0. The first-order valence-corrected chi connectivity index (χ1v) is 9.14. The molecule has 2 N–H and O–H groups in total. The van der Waals surface area contributed by atoms with Crippen LogP contribution in [0.25, 0.3) is 6.08 Å². The maximum Gasteiger partial charge on any atom is 0.270 e. The molecule has 0 bridgehead atoms. The summed E-state index contributed by atoms with van der Waals surface area (Å²) in [5, 5.41) is 3.42. The van der Waals surface area contributed by atoms with E-state index in [0.29, 0.717) is 11.6 Å². The molecule has 2 heterocycles. The largest absolute Gasteiger partial charge is 0.354 e. The Hall–Kier alpha value is -1.81. The molecule has 1 aliphatic rings. The maximum absolute atomic E-state index is 12.7. The molecule has 0 radical (unpaired) electrons. The van der Waals surface area contributed by atoms with Crippen molar-refractivity contribution in [3.63, 3.8) is 0 Å². The lowest BCUT2D eigenvalue weighted by atomic mass is 9.99. The number of nitrogens with zero attached hydrogens (tertiary/aromatic N) is 1. The monoisotopic (exact) mass is 331 g/mol. The van der Waals surface area contributed by atoms with Gasteiger partial charge in [-0.1, -0.05) is 38.7 Å². The Morgan fingerprint density at radius 1 is 1.46 bits per heavy atom. The van der Waals surface area contributed by atoms with E-state index in [4.69, 9.17) is 0 Å². The van der Waals surface area contributed by atoms with Crippen LogP contribution < -0.4 is 5.32 Å². The fraction of sp³-hybridized carbons (Fsp3) is 0.550. The van der Waals surface area contributed by atoms with Gasteiger partial charge in [0, 0.05) is 18.8 Å². The van der Waals surface area contributed by atoms with Crippen molar-refractivity contribution in [3.05, 3.63) is 41.7 Å². The van der Waals surface area contributed by atoms with Gasteiger partial charge in [-0.2, -0.15) is 0 Å². The van der Waals surface area contributed by atoms with Crippen LogP contribution in [0.5, 0.6) is 0 Å². The molecule has 4 heteroatoms. The van der Waals surface area contributed by atoms with Gasteiger partial charge >= 0.3 is 0 Å². The zero-order valence-electron chi connectivity index (χ0n) is 15.7. The molecule has 2 rings (SSSR count). The Labute approximate surface area is 147 Å². The van der Waals surface area contributed by atoms with Crippen LogP contribution in [0.1, 0.15) is 55.4 Å². The number of carbonyl (C=O) groups excluding carboxylic acids is 1. The second kappa shape index (κ2) is 10.9. The van der Waals surface area contributed by atoms with Gasteiger partial charge in [-0.15, -0.1) is 0 Å². The third-order valence-corrected chi connectivity index (χ3v) is 4.24. The molecule has 1 unspecified atom stereocenters. The second-order valence-corrected chi connectivity index (χ2v) is 5.91. The number of rotatable bonds is 6. The molecule has 0 saturated carbocycles. The van der Waals surface area contributed by atoms with Crippen LogP contribution >= 0.6 is 0 Å². The molecule has 24 heavy (non-hydrogen) atoms. The third-order valence-electron chi connectivity index (χ3n) is 4.24. The van der Waals surface area contributed by atoms with E-state index in [1.54, 1.807) is 6.08 Å². The number of aromatic nitrogens is 1. The van der Waals surface area contributed by atoms with Gasteiger partial charge in [-0.05, 0) is 57.3 Å². The maximum atomic E-state index is 12.7. The summed E-state index contributed by atoms with van der Waals surface area (Å²) >= 11 is 0. The molecule has 0 spiro atoms. The molecule has 1 saturated heterocycles. The highest BCUT2D eigenvalue weighted by Gasteiger charge is 2.22. The number of aryl methyl sites for hydroxylation is 1. The van der Waals surface area contributed by atoms with Crippen LogP contribution in [0.4, 0.5) is 0 Å². The molecule has 1 aromatic rings. The highest BCUT2D eigenvalue weighted by atomic mass is 16.2. The van der Waals surface area contributed by atoms with E-state index >= 15 is 0 Å². The van der Waals surface area contributed by atoms with Crippen LogP contribution in [0, 0.1) is 12.8 Å². The molecule has 1 amide bonds. The number of hydrogen-bond acceptors (Lipinski definition) is 2. The van der Waals surface area contributed by atoms with Gasteiger partial charge in [-0.25, -0.2) is 0 Å². The lowest BCUT2D eigenvalue weighted by Crippen LogP contribution is -2.41. The first-order chi connectivity index (χ1) is 11.7. The van der Waals surface area contributed by atoms with Crippen molar-refractivity contribution in [2.45, 2.75) is 40.5 Å². The molecule has 1 aromatic heterocycles. The number of hydrogen-bond donors (Lipinski definition) is 2. The minimum absolute atomic E-state index is 0.0921. The Bertz CT molecular complexity index is 539. The zero-order valence-corrected chi connectivity index (χ0v) is 15.7. The number of nitrogens with one attached hydrogen (secondary N) is 2. The van der Waals surface area contributed by atoms with Gasteiger partial charge in [0.15, 0.2) is 0 Å². The minimum atomic E-state index is 0.0921. The Kier molecular flexibility index (Phi) is 9.16. The quantitative estimate of drug-likeness (QED) is 0.774. The molecule has 1 atom stereocenters. The highest BCUT2D eigenvalue weighted by Crippen LogP contribution is 2.17. The van der Waals surface area contributed by atoms with E-state index in [1.165, 1.54) is 12.8 Å². The van der Waals surface area contributed by atoms with Crippen molar-refractivity contribution in [2.75, 3.05) is 26.2 Å². The molecule has 134 valence electrons. The van der Waals surface area contributed by atoms with Crippen LogP contribution in [0.3, 0.4) is 0 Å². The van der Waals surface area contributed by atoms with Crippen molar-refractivity contribution in [1.29, 1.82) is 0 Å². The van der Waals surface area contributed by atoms with Crippen LogP contribution in [0.2, 0.25) is 0 Å². The molecular weight excluding hydrogens is 298 g/mol. The first kappa shape index (κ1) is 20.2. The van der Waals surface area contributed by atoms with Gasteiger partial charge in [0.05, 0.1) is 0 Å². The highest BCUT2D eigenvalue weighted by molar-refractivity contribution is 5.93. The second-order valence-electron chi connectivity index (χ2n) is 5.91. The van der Waals surface area contributed by atoms with Crippen molar-refractivity contribution in [3.8, 4) is 0 Å². The van der Waals surface area contributed by atoms with Gasteiger partial charge in [0.25, 0.3) is 5.91 Å². The predicted octanol–water partition coefficient (Wildman–Crippen LogP) is 4.01. The number of H-pyrrole nitrogens is 1. The van der Waals surface area contributed by atoms with E-state index in [9.17, 15) is 4.79 Å². The number of aromatic amines is 1. The summed E-state index contributed by atoms with van der Waals surface area (Å²) in [5.74, 6) is 0.656. The smallest absolute Gasteiger partial charge is 0.270 e. The molecule has 0 aromatic carbocycles. The van der Waals surface area contributed by atoms with E-state index in [2.05, 4.69) is 16.9 Å². The zero-order chi connectivity index (χ0) is 17.9. The summed E-state index contributed by atoms with van der Waals surface area (Å²) < 4.78 is 0. The number of carbonyl (C=O) groups is 1. The van der Waals surface area contributed by atoms with Crippen molar-refractivity contribution >= 4 is 12.0 Å². The van der Waals surface area contributed by atoms with Gasteiger partial charge in [-0.3, -0.25) is 4.79 Å². The summed E-state index contributed by atoms with van der Waals surface area (Å²) in [6.45, 7) is 15.4. The third kappa shape index (κ3) is 5.68. The average molecular weight is 332 g/mol. The topological polar surface area (TPSA) is 48.1 Å². The van der Waals surface area contributed by atoms with E-state index in [1.807, 2.05) is 50.8 Å². The molecule has 1 fully saturated rings. The Morgan fingerprint density at radius 3 is 2.79 bits per heavy atom. The summed E-state index contributed by atoms with van der Waals surface area (Å²) in [6.07, 6.45) is 8.00. The van der Waals surface area contributed by atoms with Crippen molar-refractivity contribution < 1.29 is 4.79 Å². The fourth-order valence-corrected chi connectivity index (χ4v) is 2.95. The van der Waals surface area contributed by atoms with Gasteiger partial charge in [0.1, 0.15) is 5.69 Å². The summed E-state index contributed by atoms with van der Waals surface area (Å²) in [6, 6.07) is 1.93. The normalized spacial score (nSPS) is 17.2. The lowest BCUT2D eigenvalue weighted by molar-refractivity contribution is 0.0723. The first-order valence-electron chi connectivity index (χ1n) is 9.14. The molecule has 1 aliphatic heterocycles. The molecule has 4 nitrogen and oxygen atoms in total. The Balaban J connectivity index is 0.00000139. The SMILES string of the molecule is C=C/C=C\c1cc(C(=O)N(CC)CC2CCCNC2)[nH]c1C.CC. The van der Waals surface area contributed by atoms with Crippen LogP contribution in [0.15, 0.2) is 24.8 Å². The predicted molar refractivity (Wildman–Crippen MR) is 103 cm³/mol. The van der Waals surface area contributed by atoms with Gasteiger partial charge in [0.2, 0.25) is 0 Å². The van der Waals surface area contributed by atoms with Crippen molar-refractivity contribution in [1.82, 2.24) is 15.2 Å². The number of amides is 1. The minimum Gasteiger partial charge on any atom is -0.354 e. The van der Waals surface area contributed by atoms with E-state index in [0.717, 1.165) is 37.4 Å². The number of allylic oxidation sites excluding steroid dienone is 2. The van der Waals surface area contributed by atoms with E-state index in [-0.39, 0.29) is 5.91 Å². The average Bonchev–Trinajstić information content (AvgIpc) is 3.00. The summed E-state index contributed by atoms with van der Waals surface area (Å²) in [5.41, 5.74) is 2.72. The number of piperidine rings is 1. The van der Waals surface area contributed by atoms with E-state index < -0.39 is 0 Å².